The molecule has 1 N–H and O–H groups in total. The van der Waals surface area contributed by atoms with Gasteiger partial charge in [-0.1, -0.05) is 24.2 Å². The minimum absolute atomic E-state index is 0.117. The van der Waals surface area contributed by atoms with E-state index in [1.54, 1.807) is 19.4 Å². The predicted molar refractivity (Wildman–Crippen MR) is 90.1 cm³/mol. The topological polar surface area (TPSA) is 73.0 Å². The second-order valence-electron chi connectivity index (χ2n) is 5.67. The SMILES string of the molecule is CCc1noc(C)c1C(=O)N[C@H](C)c1ccc(-n2ccnc2)cc1. The molecule has 6 heteroatoms. The van der Waals surface area contributed by atoms with Crippen molar-refractivity contribution in [1.82, 2.24) is 20.0 Å². The summed E-state index contributed by atoms with van der Waals surface area (Å²) in [5.74, 6) is 0.392. The molecule has 0 fully saturated rings. The average molecular weight is 324 g/mol. The Kier molecular flexibility index (Phi) is 4.46. The third-order valence-electron chi connectivity index (χ3n) is 4.04. The predicted octanol–water partition coefficient (Wildman–Crippen LogP) is 3.22. The zero-order valence-corrected chi connectivity index (χ0v) is 14.0. The number of hydrogen-bond donors (Lipinski definition) is 1. The van der Waals surface area contributed by atoms with Gasteiger partial charge in [-0.2, -0.15) is 0 Å². The third-order valence-corrected chi connectivity index (χ3v) is 4.04. The lowest BCUT2D eigenvalue weighted by Gasteiger charge is -2.15. The first-order valence-corrected chi connectivity index (χ1v) is 7.94. The van der Waals surface area contributed by atoms with Gasteiger partial charge in [0.05, 0.1) is 18.1 Å². The summed E-state index contributed by atoms with van der Waals surface area (Å²) in [5.41, 5.74) is 3.28. The fourth-order valence-corrected chi connectivity index (χ4v) is 2.65. The van der Waals surface area contributed by atoms with Crippen molar-refractivity contribution < 1.29 is 9.32 Å². The first-order chi connectivity index (χ1) is 11.6. The van der Waals surface area contributed by atoms with Crippen LogP contribution in [0.2, 0.25) is 0 Å². The van der Waals surface area contributed by atoms with Crippen LogP contribution in [0.1, 0.15) is 47.3 Å². The van der Waals surface area contributed by atoms with Gasteiger partial charge in [0.15, 0.2) is 0 Å². The van der Waals surface area contributed by atoms with E-state index < -0.39 is 0 Å². The first kappa shape index (κ1) is 16.0. The van der Waals surface area contributed by atoms with Crippen LogP contribution in [0.4, 0.5) is 0 Å². The highest BCUT2D eigenvalue weighted by molar-refractivity contribution is 5.96. The van der Waals surface area contributed by atoms with E-state index in [1.807, 2.05) is 48.9 Å². The lowest BCUT2D eigenvalue weighted by Crippen LogP contribution is -2.27. The Balaban J connectivity index is 1.73. The van der Waals surface area contributed by atoms with Gasteiger partial charge < -0.3 is 14.4 Å². The Bertz CT molecular complexity index is 819. The molecule has 0 aliphatic rings. The lowest BCUT2D eigenvalue weighted by atomic mass is 10.1. The summed E-state index contributed by atoms with van der Waals surface area (Å²) < 4.78 is 7.06. The Labute approximate surface area is 140 Å². The molecule has 0 saturated heterocycles. The van der Waals surface area contributed by atoms with Crippen molar-refractivity contribution in [3.8, 4) is 5.69 Å². The number of carbonyl (C=O) groups is 1. The molecule has 6 nitrogen and oxygen atoms in total. The molecule has 3 aromatic rings. The number of hydrogen-bond acceptors (Lipinski definition) is 4. The van der Waals surface area contributed by atoms with Crippen molar-refractivity contribution in [2.45, 2.75) is 33.2 Å². The van der Waals surface area contributed by atoms with Gasteiger partial charge in [-0.25, -0.2) is 4.98 Å². The zero-order chi connectivity index (χ0) is 17.1. The number of nitrogens with zero attached hydrogens (tertiary/aromatic N) is 3. The summed E-state index contributed by atoms with van der Waals surface area (Å²) in [6, 6.07) is 7.89. The van der Waals surface area contributed by atoms with Crippen LogP contribution in [0, 0.1) is 6.92 Å². The quantitative estimate of drug-likeness (QED) is 0.782. The molecule has 24 heavy (non-hydrogen) atoms. The van der Waals surface area contributed by atoms with E-state index in [-0.39, 0.29) is 11.9 Å². The highest BCUT2D eigenvalue weighted by atomic mass is 16.5. The summed E-state index contributed by atoms with van der Waals surface area (Å²) in [5, 5.41) is 6.94. The van der Waals surface area contributed by atoms with Crippen LogP contribution in [0.3, 0.4) is 0 Å². The van der Waals surface area contributed by atoms with E-state index >= 15 is 0 Å². The Hall–Kier alpha value is -2.89. The molecular formula is C18H20N4O2. The van der Waals surface area contributed by atoms with Crippen molar-refractivity contribution in [3.63, 3.8) is 0 Å². The standard InChI is InChI=1S/C18H20N4O2/c1-4-16-17(13(3)24-21-16)18(23)20-12(2)14-5-7-15(8-6-14)22-10-9-19-11-22/h5-12H,4H2,1-3H3,(H,20,23)/t12-/m1/s1. The van der Waals surface area contributed by atoms with Crippen LogP contribution in [-0.2, 0) is 6.42 Å². The number of carbonyl (C=O) groups excluding carboxylic acids is 1. The van der Waals surface area contributed by atoms with Crippen molar-refractivity contribution in [1.29, 1.82) is 0 Å². The van der Waals surface area contributed by atoms with Gasteiger partial charge in [-0.15, -0.1) is 0 Å². The van der Waals surface area contributed by atoms with E-state index in [2.05, 4.69) is 15.5 Å². The van der Waals surface area contributed by atoms with Crippen LogP contribution in [0.15, 0.2) is 47.5 Å². The summed E-state index contributed by atoms with van der Waals surface area (Å²) in [6.07, 6.45) is 6.04. The van der Waals surface area contributed by atoms with E-state index in [0.717, 1.165) is 11.3 Å². The van der Waals surface area contributed by atoms with E-state index in [0.29, 0.717) is 23.4 Å². The van der Waals surface area contributed by atoms with Gasteiger partial charge in [0.2, 0.25) is 0 Å². The molecule has 0 radical (unpaired) electrons. The second-order valence-corrected chi connectivity index (χ2v) is 5.67. The van der Waals surface area contributed by atoms with E-state index in [1.165, 1.54) is 0 Å². The highest BCUT2D eigenvalue weighted by Gasteiger charge is 2.20. The number of benzene rings is 1. The van der Waals surface area contributed by atoms with Crippen LogP contribution < -0.4 is 5.32 Å². The number of amides is 1. The Morgan fingerprint density at radius 2 is 2.08 bits per heavy atom. The molecule has 0 aliphatic carbocycles. The summed E-state index contributed by atoms with van der Waals surface area (Å²) in [4.78, 5) is 16.6. The zero-order valence-electron chi connectivity index (χ0n) is 14.0. The van der Waals surface area contributed by atoms with Crippen LogP contribution in [0.25, 0.3) is 5.69 Å². The second kappa shape index (κ2) is 6.70. The maximum Gasteiger partial charge on any atom is 0.257 e. The van der Waals surface area contributed by atoms with Crippen molar-refractivity contribution in [2.24, 2.45) is 0 Å². The maximum atomic E-state index is 12.5. The molecule has 1 amide bonds. The van der Waals surface area contributed by atoms with Gasteiger partial charge in [-0.3, -0.25) is 4.79 Å². The Morgan fingerprint density at radius 3 is 2.71 bits per heavy atom. The molecule has 2 heterocycles. The van der Waals surface area contributed by atoms with Crippen LogP contribution in [0.5, 0.6) is 0 Å². The average Bonchev–Trinajstić information content (AvgIpc) is 3.24. The van der Waals surface area contributed by atoms with E-state index in [4.69, 9.17) is 4.52 Å². The largest absolute Gasteiger partial charge is 0.361 e. The van der Waals surface area contributed by atoms with Crippen molar-refractivity contribution in [3.05, 3.63) is 65.6 Å². The molecule has 3 rings (SSSR count). The minimum atomic E-state index is -0.156. The highest BCUT2D eigenvalue weighted by Crippen LogP contribution is 2.19. The molecule has 1 atom stereocenters. The van der Waals surface area contributed by atoms with Gasteiger partial charge in [0.1, 0.15) is 11.3 Å². The maximum absolute atomic E-state index is 12.5. The smallest absolute Gasteiger partial charge is 0.257 e. The lowest BCUT2D eigenvalue weighted by molar-refractivity contribution is 0.0937. The van der Waals surface area contributed by atoms with Gasteiger partial charge in [0, 0.05) is 18.1 Å². The molecular weight excluding hydrogens is 304 g/mol. The Morgan fingerprint density at radius 1 is 1.33 bits per heavy atom. The number of imidazole rings is 1. The summed E-state index contributed by atoms with van der Waals surface area (Å²) in [7, 11) is 0. The van der Waals surface area contributed by atoms with Crippen LogP contribution >= 0.6 is 0 Å². The number of aryl methyl sites for hydroxylation is 2. The normalized spacial score (nSPS) is 12.1. The molecule has 0 aliphatic heterocycles. The molecule has 124 valence electrons. The molecule has 0 spiro atoms. The molecule has 0 unspecified atom stereocenters. The van der Waals surface area contributed by atoms with Crippen molar-refractivity contribution in [2.75, 3.05) is 0 Å². The number of nitrogens with one attached hydrogen (secondary N) is 1. The van der Waals surface area contributed by atoms with Gasteiger partial charge in [0.25, 0.3) is 5.91 Å². The fraction of sp³-hybridized carbons (Fsp3) is 0.278. The number of aromatic nitrogens is 3. The monoisotopic (exact) mass is 324 g/mol. The third kappa shape index (κ3) is 3.08. The summed E-state index contributed by atoms with van der Waals surface area (Å²) in [6.45, 7) is 5.66. The molecule has 0 bridgehead atoms. The molecule has 0 saturated carbocycles. The van der Waals surface area contributed by atoms with E-state index in [9.17, 15) is 4.79 Å². The molecule has 2 aromatic heterocycles. The fourth-order valence-electron chi connectivity index (χ4n) is 2.65. The van der Waals surface area contributed by atoms with Crippen molar-refractivity contribution >= 4 is 5.91 Å². The van der Waals surface area contributed by atoms with Gasteiger partial charge in [-0.05, 0) is 38.0 Å². The van der Waals surface area contributed by atoms with Crippen LogP contribution in [-0.4, -0.2) is 20.6 Å². The summed E-state index contributed by atoms with van der Waals surface area (Å²) >= 11 is 0. The number of rotatable bonds is 5. The molecule has 1 aromatic carbocycles. The first-order valence-electron chi connectivity index (χ1n) is 7.94. The minimum Gasteiger partial charge on any atom is -0.361 e. The van der Waals surface area contributed by atoms with Gasteiger partial charge >= 0.3 is 0 Å².